The number of amides is 1. The highest BCUT2D eigenvalue weighted by atomic mass is 32.2. The van der Waals surface area contributed by atoms with E-state index < -0.39 is 21.6 Å². The molecule has 2 unspecified atom stereocenters. The van der Waals surface area contributed by atoms with Crippen molar-refractivity contribution in [1.82, 2.24) is 9.29 Å². The van der Waals surface area contributed by atoms with Gasteiger partial charge in [0.05, 0.1) is 16.5 Å². The van der Waals surface area contributed by atoms with Crippen molar-refractivity contribution in [3.8, 4) is 6.07 Å². The molecule has 2 heterocycles. The van der Waals surface area contributed by atoms with Gasteiger partial charge in [0.15, 0.2) is 0 Å². The van der Waals surface area contributed by atoms with E-state index in [1.807, 2.05) is 30.4 Å². The maximum Gasteiger partial charge on any atom is 0.272 e. The number of nitrogens with one attached hydrogen (secondary N) is 2. The molecule has 1 saturated carbocycles. The summed E-state index contributed by atoms with van der Waals surface area (Å²) in [6, 6.07) is 15.7. The molecule has 7 nitrogen and oxygen atoms in total. The van der Waals surface area contributed by atoms with E-state index in [1.165, 1.54) is 17.7 Å². The van der Waals surface area contributed by atoms with Crippen molar-refractivity contribution >= 4 is 27.6 Å². The van der Waals surface area contributed by atoms with E-state index >= 15 is 0 Å². The van der Waals surface area contributed by atoms with Crippen molar-refractivity contribution in [1.29, 1.82) is 5.26 Å². The van der Waals surface area contributed by atoms with Crippen LogP contribution in [0.2, 0.25) is 0 Å². The molecule has 0 bridgehead atoms. The number of hydrogen-bond donors (Lipinski definition) is 2. The summed E-state index contributed by atoms with van der Waals surface area (Å²) >= 11 is 0. The topological polar surface area (TPSA) is 99.3 Å². The quantitative estimate of drug-likeness (QED) is 0.424. The van der Waals surface area contributed by atoms with Crippen molar-refractivity contribution in [2.24, 2.45) is 17.3 Å². The Morgan fingerprint density at radius 2 is 2.05 bits per heavy atom. The lowest BCUT2D eigenvalue weighted by atomic mass is 9.94. The van der Waals surface area contributed by atoms with Gasteiger partial charge in [0.1, 0.15) is 27.5 Å². The highest BCUT2D eigenvalue weighted by Crippen LogP contribution is 2.34. The molecule has 3 atom stereocenters. The maximum absolute atomic E-state index is 14.4. The van der Waals surface area contributed by atoms with E-state index in [1.54, 1.807) is 23.9 Å². The van der Waals surface area contributed by atoms with E-state index in [9.17, 15) is 13.4 Å². The molecule has 38 heavy (non-hydrogen) atoms. The molecule has 1 fully saturated rings. The molecule has 5 rings (SSSR count). The van der Waals surface area contributed by atoms with Crippen LogP contribution in [0, 0.1) is 23.1 Å². The van der Waals surface area contributed by atoms with Crippen LogP contribution < -0.4 is 10.0 Å². The first kappa shape index (κ1) is 25.9. The summed E-state index contributed by atoms with van der Waals surface area (Å²) in [6.45, 7) is 2.13. The summed E-state index contributed by atoms with van der Waals surface area (Å²) in [4.78, 5) is 13.9. The van der Waals surface area contributed by atoms with Gasteiger partial charge in [0.2, 0.25) is 0 Å². The van der Waals surface area contributed by atoms with Gasteiger partial charge in [-0.15, -0.1) is 0 Å². The number of benzene rings is 2. The Morgan fingerprint density at radius 3 is 2.76 bits per heavy atom. The highest BCUT2D eigenvalue weighted by molar-refractivity contribution is 7.91. The second-order valence-electron chi connectivity index (χ2n) is 9.99. The van der Waals surface area contributed by atoms with Crippen LogP contribution >= 0.6 is 0 Å². The van der Waals surface area contributed by atoms with Crippen molar-refractivity contribution in [2.75, 3.05) is 5.32 Å². The SMILES string of the molecule is CC(CCc1ccccc1)[C@H]1C=Cc2c(cn(C)c2C(=O)Nc2ccc(F)c(C#N)c2)S(=O)(=NC2CC2)N1. The van der Waals surface area contributed by atoms with Gasteiger partial charge < -0.3 is 9.88 Å². The summed E-state index contributed by atoms with van der Waals surface area (Å²) in [5, 5.41) is 11.9. The number of aryl methyl sites for hydroxylation is 2. The average molecular weight is 532 g/mol. The predicted octanol–water partition coefficient (Wildman–Crippen LogP) is 5.45. The summed E-state index contributed by atoms with van der Waals surface area (Å²) in [5.74, 6) is -0.931. The Labute approximate surface area is 222 Å². The third-order valence-corrected chi connectivity index (χ3v) is 9.10. The Kier molecular flexibility index (Phi) is 7.19. The Hall–Kier alpha value is -3.74. The normalized spacial score (nSPS) is 21.2. The number of nitriles is 1. The van der Waals surface area contributed by atoms with Gasteiger partial charge in [0.25, 0.3) is 5.91 Å². The molecule has 196 valence electrons. The number of fused-ring (bicyclic) bond motifs is 1. The van der Waals surface area contributed by atoms with Crippen LogP contribution in [0.15, 0.2) is 70.1 Å². The lowest BCUT2D eigenvalue weighted by Gasteiger charge is -2.23. The fraction of sp³-hybridized carbons (Fsp3) is 0.310. The largest absolute Gasteiger partial charge is 0.345 e. The molecular formula is C29H30FN5O2S. The lowest BCUT2D eigenvalue weighted by Crippen LogP contribution is -2.37. The Bertz CT molecular complexity index is 1560. The number of rotatable bonds is 7. The summed E-state index contributed by atoms with van der Waals surface area (Å²) < 4.78 is 37.9. The lowest BCUT2D eigenvalue weighted by molar-refractivity contribution is 0.101. The summed E-state index contributed by atoms with van der Waals surface area (Å²) in [6.07, 6.45) is 9.15. The minimum absolute atomic E-state index is 0.0438. The minimum atomic E-state index is -3.01. The molecule has 9 heteroatoms. The van der Waals surface area contributed by atoms with Gasteiger partial charge in [-0.25, -0.2) is 17.7 Å². The number of aromatic nitrogens is 1. The molecule has 3 aromatic rings. The van der Waals surface area contributed by atoms with Gasteiger partial charge in [-0.2, -0.15) is 5.26 Å². The molecule has 0 radical (unpaired) electrons. The van der Waals surface area contributed by atoms with Crippen LogP contribution in [0.4, 0.5) is 10.1 Å². The Morgan fingerprint density at radius 1 is 1.29 bits per heavy atom. The first-order chi connectivity index (χ1) is 18.3. The van der Waals surface area contributed by atoms with Crippen LogP contribution in [0.1, 0.15) is 53.4 Å². The minimum Gasteiger partial charge on any atom is -0.345 e. The molecule has 1 amide bonds. The van der Waals surface area contributed by atoms with Gasteiger partial charge in [-0.05, 0) is 55.4 Å². The zero-order chi connectivity index (χ0) is 26.9. The van der Waals surface area contributed by atoms with Crippen molar-refractivity contribution in [3.05, 3.63) is 89.0 Å². The molecule has 2 aliphatic rings. The second kappa shape index (κ2) is 10.6. The molecule has 2 N–H and O–H groups in total. The molecule has 1 aromatic heterocycles. The van der Waals surface area contributed by atoms with Crippen LogP contribution in [-0.4, -0.2) is 26.8 Å². The molecule has 0 saturated heterocycles. The van der Waals surface area contributed by atoms with Crippen molar-refractivity contribution < 1.29 is 13.4 Å². The summed E-state index contributed by atoms with van der Waals surface area (Å²) in [7, 11) is -1.28. The molecule has 0 spiro atoms. The molecule has 1 aliphatic carbocycles. The van der Waals surface area contributed by atoms with E-state index in [2.05, 4.69) is 29.1 Å². The van der Waals surface area contributed by atoms with Gasteiger partial charge in [-0.1, -0.05) is 49.4 Å². The van der Waals surface area contributed by atoms with E-state index in [4.69, 9.17) is 9.62 Å². The van der Waals surface area contributed by atoms with E-state index in [0.717, 1.165) is 31.7 Å². The number of nitrogens with zero attached hydrogens (tertiary/aromatic N) is 3. The number of halogens is 1. The van der Waals surface area contributed by atoms with Gasteiger partial charge in [-0.3, -0.25) is 4.79 Å². The van der Waals surface area contributed by atoms with Gasteiger partial charge >= 0.3 is 0 Å². The van der Waals surface area contributed by atoms with Gasteiger partial charge in [0, 0.05) is 30.5 Å². The highest BCUT2D eigenvalue weighted by Gasteiger charge is 2.33. The van der Waals surface area contributed by atoms with Crippen molar-refractivity contribution in [3.63, 3.8) is 0 Å². The van der Waals surface area contributed by atoms with E-state index in [0.29, 0.717) is 21.8 Å². The number of carbonyl (C=O) groups excluding carboxylic acids is 1. The third-order valence-electron chi connectivity index (χ3n) is 7.00. The zero-order valence-electron chi connectivity index (χ0n) is 21.4. The second-order valence-corrected chi connectivity index (χ2v) is 11.9. The summed E-state index contributed by atoms with van der Waals surface area (Å²) in [5.41, 5.74) is 2.26. The number of carbonyl (C=O) groups is 1. The van der Waals surface area contributed by atoms with E-state index in [-0.39, 0.29) is 23.6 Å². The number of hydrogen-bond acceptors (Lipinski definition) is 4. The average Bonchev–Trinajstić information content (AvgIpc) is 3.67. The molecule has 1 aliphatic heterocycles. The Balaban J connectivity index is 1.47. The number of anilines is 1. The first-order valence-electron chi connectivity index (χ1n) is 12.7. The fourth-order valence-corrected chi connectivity index (χ4v) is 7.02. The fourth-order valence-electron chi connectivity index (χ4n) is 4.65. The van der Waals surface area contributed by atoms with Crippen molar-refractivity contribution in [2.45, 2.75) is 49.6 Å². The zero-order valence-corrected chi connectivity index (χ0v) is 22.2. The smallest absolute Gasteiger partial charge is 0.272 e. The van der Waals surface area contributed by atoms with Crippen LogP contribution in [0.5, 0.6) is 0 Å². The standard InChI is InChI=1S/C29H30FN5O2S/c1-19(8-9-20-6-4-3-5-7-20)26-15-13-24-27(38(37,34-26)33-22-10-11-22)18-35(2)28(24)29(36)32-23-12-14-25(30)21(16-23)17-31/h3-7,12-16,18-19,22,26H,8-11H2,1-2H3,(H,32,36)(H,33,34,37)/t19?,26-,38?/m1/s1. The van der Waals surface area contributed by atoms with Crippen LogP contribution in [0.3, 0.4) is 0 Å². The molecular weight excluding hydrogens is 501 g/mol. The first-order valence-corrected chi connectivity index (χ1v) is 14.2. The maximum atomic E-state index is 14.4. The third kappa shape index (κ3) is 5.42. The van der Waals surface area contributed by atoms with Crippen LogP contribution in [0.25, 0.3) is 6.08 Å². The van der Waals surface area contributed by atoms with Crippen LogP contribution in [-0.2, 0) is 23.4 Å². The molecule has 2 aromatic carbocycles. The predicted molar refractivity (Wildman–Crippen MR) is 146 cm³/mol. The monoisotopic (exact) mass is 531 g/mol.